The van der Waals surface area contributed by atoms with Crippen LogP contribution in [0.15, 0.2) is 59.5 Å². The zero-order valence-corrected chi connectivity index (χ0v) is 17.3. The average Bonchev–Trinajstić information content (AvgIpc) is 2.66. The third-order valence-corrected chi connectivity index (χ3v) is 6.67. The molecule has 0 aliphatic heterocycles. The Morgan fingerprint density at radius 2 is 1.62 bits per heavy atom. The van der Waals surface area contributed by atoms with E-state index in [2.05, 4.69) is 13.8 Å². The molecule has 0 aliphatic rings. The summed E-state index contributed by atoms with van der Waals surface area (Å²) in [7, 11) is -3.90. The van der Waals surface area contributed by atoms with Gasteiger partial charge in [0.15, 0.2) is 0 Å². The Bertz CT molecular complexity index is 799. The zero-order valence-electron chi connectivity index (χ0n) is 15.8. The van der Waals surface area contributed by atoms with Crippen LogP contribution in [-0.2, 0) is 19.7 Å². The molecule has 0 spiro atoms. The molecule has 5 heteroatoms. The van der Waals surface area contributed by atoms with Gasteiger partial charge >= 0.3 is 0 Å². The number of benzene rings is 2. The second kappa shape index (κ2) is 8.55. The monoisotopic (exact) mass is 394 g/mol. The number of halogens is 1. The van der Waals surface area contributed by atoms with Gasteiger partial charge in [-0.15, -0.1) is 11.6 Å². The molecule has 2 atom stereocenters. The molecule has 0 fully saturated rings. The minimum absolute atomic E-state index is 0.0755. The van der Waals surface area contributed by atoms with Crippen molar-refractivity contribution in [3.05, 3.63) is 65.7 Å². The summed E-state index contributed by atoms with van der Waals surface area (Å²) < 4.78 is 31.1. The number of alkyl halides is 1. The first-order chi connectivity index (χ1) is 12.2. The Kier molecular flexibility index (Phi) is 6.89. The summed E-state index contributed by atoms with van der Waals surface area (Å²) in [5, 5.41) is 0. The first kappa shape index (κ1) is 20.9. The van der Waals surface area contributed by atoms with Gasteiger partial charge in [0.25, 0.3) is 10.1 Å². The van der Waals surface area contributed by atoms with Gasteiger partial charge in [0.2, 0.25) is 0 Å². The van der Waals surface area contributed by atoms with E-state index in [1.54, 1.807) is 12.1 Å². The van der Waals surface area contributed by atoms with E-state index < -0.39 is 21.6 Å². The van der Waals surface area contributed by atoms with Crippen molar-refractivity contribution in [2.75, 3.05) is 5.88 Å². The third kappa shape index (κ3) is 4.67. The van der Waals surface area contributed by atoms with E-state index in [4.69, 9.17) is 15.8 Å². The number of hydrogen-bond acceptors (Lipinski definition) is 3. The predicted molar refractivity (Wildman–Crippen MR) is 107 cm³/mol. The van der Waals surface area contributed by atoms with E-state index >= 15 is 0 Å². The van der Waals surface area contributed by atoms with Crippen molar-refractivity contribution < 1.29 is 12.6 Å². The van der Waals surface area contributed by atoms with Crippen LogP contribution in [0.3, 0.4) is 0 Å². The van der Waals surface area contributed by atoms with Gasteiger partial charge in [-0.2, -0.15) is 8.42 Å². The molecule has 0 amide bonds. The highest BCUT2D eigenvalue weighted by Gasteiger charge is 2.35. The number of hydrogen-bond donors (Lipinski definition) is 0. The molecule has 2 unspecified atom stereocenters. The second-order valence-corrected chi connectivity index (χ2v) is 9.04. The fourth-order valence-electron chi connectivity index (χ4n) is 2.80. The van der Waals surface area contributed by atoms with Crippen LogP contribution < -0.4 is 0 Å². The van der Waals surface area contributed by atoms with Gasteiger partial charge in [-0.1, -0.05) is 70.2 Å². The molecule has 0 aromatic heterocycles. The van der Waals surface area contributed by atoms with Gasteiger partial charge in [0.1, 0.15) is 0 Å². The maximum Gasteiger partial charge on any atom is 0.297 e. The smallest absolute Gasteiger partial charge is 0.261 e. The molecule has 3 nitrogen and oxygen atoms in total. The second-order valence-electron chi connectivity index (χ2n) is 7.16. The van der Waals surface area contributed by atoms with Gasteiger partial charge in [0, 0.05) is 5.41 Å². The van der Waals surface area contributed by atoms with Crippen LogP contribution in [0.1, 0.15) is 51.2 Å². The molecule has 2 aromatic carbocycles. The van der Waals surface area contributed by atoms with E-state index in [-0.39, 0.29) is 10.8 Å². The molecule has 0 aliphatic carbocycles. The van der Waals surface area contributed by atoms with E-state index in [9.17, 15) is 8.42 Å². The van der Waals surface area contributed by atoms with Crippen molar-refractivity contribution in [3.8, 4) is 0 Å². The summed E-state index contributed by atoms with van der Waals surface area (Å²) in [6, 6.07) is 16.6. The molecule has 0 N–H and O–H groups in total. The summed E-state index contributed by atoms with van der Waals surface area (Å²) in [6.45, 7) is 8.11. The summed E-state index contributed by atoms with van der Waals surface area (Å²) in [4.78, 5) is 0.156. The van der Waals surface area contributed by atoms with Crippen molar-refractivity contribution in [3.63, 3.8) is 0 Å². The molecule has 2 aromatic rings. The summed E-state index contributed by atoms with van der Waals surface area (Å²) in [6.07, 6.45) is 0.327. The standard InChI is InChI=1S/C21H27ClO3S/c1-5-16(2)17-11-13-19(14-12-17)26(23,24)25-20(15-22)21(3,4)18-9-7-6-8-10-18/h6-14,16,20H,5,15H2,1-4H3. The molecule has 0 saturated heterocycles. The Morgan fingerprint density at radius 1 is 1.04 bits per heavy atom. The first-order valence-corrected chi connectivity index (χ1v) is 10.8. The topological polar surface area (TPSA) is 43.4 Å². The van der Waals surface area contributed by atoms with Crippen LogP contribution in [0.5, 0.6) is 0 Å². The van der Waals surface area contributed by atoms with E-state index in [0.717, 1.165) is 17.5 Å². The van der Waals surface area contributed by atoms with E-state index in [1.807, 2.05) is 56.3 Å². The lowest BCUT2D eigenvalue weighted by Gasteiger charge is -2.33. The van der Waals surface area contributed by atoms with Crippen LogP contribution in [0.4, 0.5) is 0 Å². The van der Waals surface area contributed by atoms with Gasteiger partial charge in [0.05, 0.1) is 16.9 Å². The summed E-state index contributed by atoms with van der Waals surface area (Å²) in [5.74, 6) is 0.465. The summed E-state index contributed by atoms with van der Waals surface area (Å²) in [5.41, 5.74) is 1.55. The van der Waals surface area contributed by atoms with Gasteiger partial charge < -0.3 is 0 Å². The molecule has 0 heterocycles. The predicted octanol–water partition coefficient (Wildman–Crippen LogP) is 5.49. The van der Waals surface area contributed by atoms with Gasteiger partial charge in [-0.05, 0) is 35.6 Å². The minimum Gasteiger partial charge on any atom is -0.261 e. The minimum atomic E-state index is -3.90. The highest BCUT2D eigenvalue weighted by Crippen LogP contribution is 2.32. The lowest BCUT2D eigenvalue weighted by atomic mass is 9.80. The number of rotatable bonds is 8. The van der Waals surface area contributed by atoms with E-state index in [0.29, 0.717) is 5.92 Å². The molecule has 0 radical (unpaired) electrons. The normalized spacial score (nSPS) is 14.8. The van der Waals surface area contributed by atoms with Crippen molar-refractivity contribution in [2.45, 2.75) is 56.4 Å². The molecule has 0 bridgehead atoms. The van der Waals surface area contributed by atoms with Gasteiger partial charge in [-0.3, -0.25) is 4.18 Å². The Hall–Kier alpha value is -1.36. The first-order valence-electron chi connectivity index (χ1n) is 8.87. The molecule has 2 rings (SSSR count). The van der Waals surface area contributed by atoms with Crippen molar-refractivity contribution >= 4 is 21.7 Å². The van der Waals surface area contributed by atoms with Crippen LogP contribution in [-0.4, -0.2) is 20.4 Å². The van der Waals surface area contributed by atoms with E-state index in [1.165, 1.54) is 0 Å². The Morgan fingerprint density at radius 3 is 2.12 bits per heavy atom. The van der Waals surface area contributed by atoms with Gasteiger partial charge in [-0.25, -0.2) is 0 Å². The lowest BCUT2D eigenvalue weighted by molar-refractivity contribution is 0.153. The summed E-state index contributed by atoms with van der Waals surface area (Å²) >= 11 is 6.09. The zero-order chi connectivity index (χ0) is 19.4. The maximum absolute atomic E-state index is 12.7. The quantitative estimate of drug-likeness (QED) is 0.439. The fraction of sp³-hybridized carbons (Fsp3) is 0.429. The largest absolute Gasteiger partial charge is 0.297 e. The van der Waals surface area contributed by atoms with Crippen molar-refractivity contribution in [1.29, 1.82) is 0 Å². The maximum atomic E-state index is 12.7. The fourth-order valence-corrected chi connectivity index (χ4v) is 4.52. The van der Waals surface area contributed by atoms with Crippen molar-refractivity contribution in [1.82, 2.24) is 0 Å². The highest BCUT2D eigenvalue weighted by atomic mass is 35.5. The lowest BCUT2D eigenvalue weighted by Crippen LogP contribution is -2.39. The van der Waals surface area contributed by atoms with Crippen LogP contribution in [0, 0.1) is 0 Å². The SMILES string of the molecule is CCC(C)c1ccc(S(=O)(=O)OC(CCl)C(C)(C)c2ccccc2)cc1. The Labute approximate surface area is 162 Å². The average molecular weight is 395 g/mol. The highest BCUT2D eigenvalue weighted by molar-refractivity contribution is 7.86. The molecular weight excluding hydrogens is 368 g/mol. The van der Waals surface area contributed by atoms with Crippen LogP contribution in [0.25, 0.3) is 0 Å². The molecule has 26 heavy (non-hydrogen) atoms. The van der Waals surface area contributed by atoms with Crippen LogP contribution >= 0.6 is 11.6 Å². The molecular formula is C21H27ClO3S. The van der Waals surface area contributed by atoms with Crippen molar-refractivity contribution in [2.24, 2.45) is 0 Å². The molecule has 0 saturated carbocycles. The molecule has 142 valence electrons. The third-order valence-electron chi connectivity index (χ3n) is 5.06. The Balaban J connectivity index is 2.26. The van der Waals surface area contributed by atoms with Crippen LogP contribution in [0.2, 0.25) is 0 Å².